The third-order valence-corrected chi connectivity index (χ3v) is 4.46. The van der Waals surface area contributed by atoms with Gasteiger partial charge in [0.2, 0.25) is 0 Å². The Bertz CT molecular complexity index is 600. The summed E-state index contributed by atoms with van der Waals surface area (Å²) in [7, 11) is 5.66. The zero-order chi connectivity index (χ0) is 15.4. The van der Waals surface area contributed by atoms with Crippen LogP contribution in [0.1, 0.15) is 24.2 Å². The van der Waals surface area contributed by atoms with E-state index in [1.165, 1.54) is 0 Å². The molecule has 21 heavy (non-hydrogen) atoms. The van der Waals surface area contributed by atoms with Crippen molar-refractivity contribution in [3.63, 3.8) is 0 Å². The van der Waals surface area contributed by atoms with Gasteiger partial charge in [-0.1, -0.05) is 11.6 Å². The zero-order valence-electron chi connectivity index (χ0n) is 12.7. The average Bonchev–Trinajstić information content (AvgIpc) is 2.94. The van der Waals surface area contributed by atoms with Crippen LogP contribution in [0.3, 0.4) is 0 Å². The number of benzene rings is 1. The van der Waals surface area contributed by atoms with Gasteiger partial charge in [-0.05, 0) is 25.1 Å². The fourth-order valence-electron chi connectivity index (χ4n) is 1.99. The van der Waals surface area contributed by atoms with Crippen molar-refractivity contribution < 1.29 is 4.74 Å². The number of rotatable bonds is 6. The third kappa shape index (κ3) is 4.09. The molecule has 114 valence electrons. The van der Waals surface area contributed by atoms with Crippen molar-refractivity contribution in [1.29, 1.82) is 0 Å². The molecule has 0 spiro atoms. The zero-order valence-corrected chi connectivity index (χ0v) is 14.3. The van der Waals surface area contributed by atoms with Gasteiger partial charge >= 0.3 is 0 Å². The highest BCUT2D eigenvalue weighted by Gasteiger charge is 2.12. The average molecular weight is 326 g/mol. The maximum atomic E-state index is 6.07. The molecule has 0 aliphatic heterocycles. The minimum Gasteiger partial charge on any atom is -0.496 e. The van der Waals surface area contributed by atoms with Gasteiger partial charge in [0.1, 0.15) is 5.75 Å². The molecule has 6 heteroatoms. The molecule has 0 saturated carbocycles. The van der Waals surface area contributed by atoms with Crippen LogP contribution in [-0.4, -0.2) is 26.2 Å². The number of halogens is 1. The number of thiazole rings is 1. The Hall–Kier alpha value is -1.30. The van der Waals surface area contributed by atoms with E-state index in [0.717, 1.165) is 22.1 Å². The Morgan fingerprint density at radius 1 is 1.43 bits per heavy atom. The fourth-order valence-corrected chi connectivity index (χ4v) is 2.93. The van der Waals surface area contributed by atoms with Crippen molar-refractivity contribution in [2.75, 3.05) is 26.1 Å². The summed E-state index contributed by atoms with van der Waals surface area (Å²) in [6.45, 7) is 2.80. The Labute approximate surface area is 134 Å². The quantitative estimate of drug-likeness (QED) is 0.878. The van der Waals surface area contributed by atoms with Crippen molar-refractivity contribution in [2.45, 2.75) is 19.5 Å². The van der Waals surface area contributed by atoms with E-state index in [-0.39, 0.29) is 6.04 Å². The molecule has 0 radical (unpaired) electrons. The first kappa shape index (κ1) is 16.1. The van der Waals surface area contributed by atoms with Gasteiger partial charge in [0.15, 0.2) is 5.13 Å². The highest BCUT2D eigenvalue weighted by molar-refractivity contribution is 7.13. The molecule has 2 aromatic rings. The number of ether oxygens (including phenoxy) is 1. The molecule has 1 aromatic carbocycles. The maximum absolute atomic E-state index is 6.07. The number of hydrogen-bond acceptors (Lipinski definition) is 5. The summed E-state index contributed by atoms with van der Waals surface area (Å²) in [5, 5.41) is 7.25. The number of aromatic nitrogens is 1. The van der Waals surface area contributed by atoms with E-state index in [1.54, 1.807) is 18.4 Å². The third-order valence-electron chi connectivity index (χ3n) is 3.17. The lowest BCUT2D eigenvalue weighted by molar-refractivity contribution is 0.401. The molecule has 1 heterocycles. The predicted octanol–water partition coefficient (Wildman–Crippen LogP) is 3.72. The molecule has 2 rings (SSSR count). The monoisotopic (exact) mass is 325 g/mol. The van der Waals surface area contributed by atoms with Crippen molar-refractivity contribution in [3.8, 4) is 5.75 Å². The summed E-state index contributed by atoms with van der Waals surface area (Å²) in [6.07, 6.45) is 0. The van der Waals surface area contributed by atoms with Gasteiger partial charge in [0.25, 0.3) is 0 Å². The molecule has 0 fully saturated rings. The lowest BCUT2D eigenvalue weighted by Gasteiger charge is -2.17. The first-order valence-corrected chi connectivity index (χ1v) is 7.95. The van der Waals surface area contributed by atoms with Crippen LogP contribution < -0.4 is 15.0 Å². The first-order chi connectivity index (χ1) is 10.0. The minimum absolute atomic E-state index is 0.128. The van der Waals surface area contributed by atoms with Gasteiger partial charge in [-0.25, -0.2) is 4.98 Å². The largest absolute Gasteiger partial charge is 0.496 e. The van der Waals surface area contributed by atoms with Gasteiger partial charge in [0.05, 0.1) is 12.8 Å². The summed E-state index contributed by atoms with van der Waals surface area (Å²) in [5.74, 6) is 0.839. The van der Waals surface area contributed by atoms with Crippen molar-refractivity contribution >= 4 is 28.1 Å². The molecule has 1 atom stereocenters. The standard InChI is InChI=1S/C15H20ClN3OS/c1-10(13-7-11(16)5-6-14(13)20-4)17-8-12-9-21-15(18-12)19(2)3/h5-7,9-10,17H,8H2,1-4H3/t10-/m1/s1. The van der Waals surface area contributed by atoms with Gasteiger partial charge in [0, 0.05) is 42.6 Å². The highest BCUT2D eigenvalue weighted by atomic mass is 35.5. The second kappa shape index (κ2) is 7.11. The molecular formula is C15H20ClN3OS. The molecule has 0 amide bonds. The number of nitrogens with zero attached hydrogens (tertiary/aromatic N) is 2. The summed E-state index contributed by atoms with van der Waals surface area (Å²) >= 11 is 7.72. The SMILES string of the molecule is COc1ccc(Cl)cc1[C@@H](C)NCc1csc(N(C)C)n1. The van der Waals surface area contributed by atoms with Gasteiger partial charge in [-0.15, -0.1) is 11.3 Å². The van der Waals surface area contributed by atoms with Crippen LogP contribution in [0, 0.1) is 0 Å². The molecule has 4 nitrogen and oxygen atoms in total. The van der Waals surface area contributed by atoms with Crippen molar-refractivity contribution in [2.24, 2.45) is 0 Å². The molecule has 0 bridgehead atoms. The van der Waals surface area contributed by atoms with E-state index in [1.807, 2.05) is 37.2 Å². The van der Waals surface area contributed by atoms with Crippen molar-refractivity contribution in [3.05, 3.63) is 39.9 Å². The molecule has 0 saturated heterocycles. The van der Waals surface area contributed by atoms with Crippen LogP contribution in [0.25, 0.3) is 0 Å². The van der Waals surface area contributed by atoms with E-state index in [2.05, 4.69) is 22.6 Å². The molecular weight excluding hydrogens is 306 g/mol. The van der Waals surface area contributed by atoms with E-state index < -0.39 is 0 Å². The molecule has 1 N–H and O–H groups in total. The summed E-state index contributed by atoms with van der Waals surface area (Å²) in [4.78, 5) is 6.57. The summed E-state index contributed by atoms with van der Waals surface area (Å²) in [5.41, 5.74) is 2.09. The number of anilines is 1. The lowest BCUT2D eigenvalue weighted by atomic mass is 10.1. The number of hydrogen-bond donors (Lipinski definition) is 1. The Morgan fingerprint density at radius 3 is 2.81 bits per heavy atom. The molecule has 0 aliphatic rings. The van der Waals surface area contributed by atoms with Crippen LogP contribution >= 0.6 is 22.9 Å². The Kier molecular flexibility index (Phi) is 5.45. The molecule has 0 unspecified atom stereocenters. The highest BCUT2D eigenvalue weighted by Crippen LogP contribution is 2.28. The Morgan fingerprint density at radius 2 is 2.19 bits per heavy atom. The minimum atomic E-state index is 0.128. The van der Waals surface area contributed by atoms with E-state index in [0.29, 0.717) is 11.6 Å². The van der Waals surface area contributed by atoms with Crippen LogP contribution in [0.5, 0.6) is 5.75 Å². The van der Waals surface area contributed by atoms with Crippen LogP contribution in [-0.2, 0) is 6.54 Å². The number of nitrogens with one attached hydrogen (secondary N) is 1. The fraction of sp³-hybridized carbons (Fsp3) is 0.400. The maximum Gasteiger partial charge on any atom is 0.185 e. The van der Waals surface area contributed by atoms with E-state index >= 15 is 0 Å². The van der Waals surface area contributed by atoms with E-state index in [9.17, 15) is 0 Å². The lowest BCUT2D eigenvalue weighted by Crippen LogP contribution is -2.19. The normalized spacial score (nSPS) is 12.2. The predicted molar refractivity (Wildman–Crippen MR) is 89.7 cm³/mol. The van der Waals surface area contributed by atoms with E-state index in [4.69, 9.17) is 16.3 Å². The Balaban J connectivity index is 2.04. The second-order valence-corrected chi connectivity index (χ2v) is 6.28. The smallest absolute Gasteiger partial charge is 0.185 e. The van der Waals surface area contributed by atoms with Gasteiger partial charge in [-0.3, -0.25) is 0 Å². The molecule has 1 aromatic heterocycles. The topological polar surface area (TPSA) is 37.4 Å². The first-order valence-electron chi connectivity index (χ1n) is 6.69. The van der Waals surface area contributed by atoms with Crippen LogP contribution in [0.15, 0.2) is 23.6 Å². The molecule has 0 aliphatic carbocycles. The van der Waals surface area contributed by atoms with Crippen LogP contribution in [0.2, 0.25) is 5.02 Å². The summed E-state index contributed by atoms with van der Waals surface area (Å²) < 4.78 is 5.39. The summed E-state index contributed by atoms with van der Waals surface area (Å²) in [6, 6.07) is 5.79. The number of methoxy groups -OCH3 is 1. The van der Waals surface area contributed by atoms with Gasteiger partial charge in [-0.2, -0.15) is 0 Å². The second-order valence-electron chi connectivity index (χ2n) is 5.00. The van der Waals surface area contributed by atoms with Crippen molar-refractivity contribution in [1.82, 2.24) is 10.3 Å². The van der Waals surface area contributed by atoms with Crippen LogP contribution in [0.4, 0.5) is 5.13 Å². The van der Waals surface area contributed by atoms with Gasteiger partial charge < -0.3 is 15.0 Å².